The normalized spacial score (nSPS) is 10.2. The van der Waals surface area contributed by atoms with Gasteiger partial charge in [-0.1, -0.05) is 0 Å². The van der Waals surface area contributed by atoms with Gasteiger partial charge in [-0.2, -0.15) is 0 Å². The lowest BCUT2D eigenvalue weighted by molar-refractivity contribution is -0.384. The molecule has 0 amide bonds. The lowest BCUT2D eigenvalue weighted by atomic mass is 10.1. The highest BCUT2D eigenvalue weighted by molar-refractivity contribution is 5.90. The second kappa shape index (κ2) is 6.64. The van der Waals surface area contributed by atoms with Crippen LogP contribution in [0.25, 0.3) is 0 Å². The van der Waals surface area contributed by atoms with E-state index in [1.54, 1.807) is 6.92 Å². The Bertz CT molecular complexity index is 492. The van der Waals surface area contributed by atoms with Crippen molar-refractivity contribution in [3.8, 4) is 0 Å². The summed E-state index contributed by atoms with van der Waals surface area (Å²) in [4.78, 5) is 20.8. The van der Waals surface area contributed by atoms with E-state index in [0.29, 0.717) is 19.3 Å². The Hall–Kier alpha value is -2.22. The van der Waals surface area contributed by atoms with Crippen molar-refractivity contribution < 1.29 is 24.0 Å². The highest BCUT2D eigenvalue weighted by atomic mass is 19.1. The number of anilines is 1. The van der Waals surface area contributed by atoms with Crippen molar-refractivity contribution in [1.82, 2.24) is 0 Å². The fraction of sp³-hybridized carbons (Fsp3) is 0.364. The Morgan fingerprint density at radius 1 is 1.58 bits per heavy atom. The molecule has 0 atom stereocenters. The van der Waals surface area contributed by atoms with E-state index in [0.717, 1.165) is 6.07 Å². The topological polar surface area (TPSA) is 102 Å². The van der Waals surface area contributed by atoms with Crippen molar-refractivity contribution in [2.24, 2.45) is 0 Å². The van der Waals surface area contributed by atoms with Gasteiger partial charge in [-0.25, -0.2) is 9.18 Å². The summed E-state index contributed by atoms with van der Waals surface area (Å²) in [6.45, 7) is 2.84. The summed E-state index contributed by atoms with van der Waals surface area (Å²) >= 11 is 0. The Balaban J connectivity index is 2.99. The van der Waals surface area contributed by atoms with E-state index in [1.165, 1.54) is 0 Å². The maximum atomic E-state index is 13.4. The van der Waals surface area contributed by atoms with E-state index in [-0.39, 0.29) is 12.2 Å². The average molecular weight is 272 g/mol. The molecule has 1 aromatic carbocycles. The standard InChI is InChI=1S/C11H13FN2O5/c1-2-19-4-3-13-9-6-8(12)7(11(15)16)5-10(9)14(17)18/h5-6,13H,2-4H2,1H3,(H,15,16). The summed E-state index contributed by atoms with van der Waals surface area (Å²) in [5.41, 5.74) is -1.30. The number of carbonyl (C=O) groups is 1. The van der Waals surface area contributed by atoms with Crippen LogP contribution in [0.15, 0.2) is 12.1 Å². The minimum Gasteiger partial charge on any atom is -0.478 e. The summed E-state index contributed by atoms with van der Waals surface area (Å²) in [6.07, 6.45) is 0. The van der Waals surface area contributed by atoms with Crippen molar-refractivity contribution in [2.45, 2.75) is 6.92 Å². The first kappa shape index (κ1) is 14.8. The SMILES string of the molecule is CCOCCNc1cc(F)c(C(=O)O)cc1[N+](=O)[O-]. The van der Waals surface area contributed by atoms with Crippen LogP contribution < -0.4 is 5.32 Å². The Morgan fingerprint density at radius 2 is 2.26 bits per heavy atom. The minimum absolute atomic E-state index is 0.0767. The smallest absolute Gasteiger partial charge is 0.338 e. The molecule has 0 radical (unpaired) electrons. The number of nitrogens with one attached hydrogen (secondary N) is 1. The number of nitro benzene ring substituents is 1. The highest BCUT2D eigenvalue weighted by Crippen LogP contribution is 2.27. The molecule has 0 aliphatic rings. The van der Waals surface area contributed by atoms with Crippen LogP contribution >= 0.6 is 0 Å². The van der Waals surface area contributed by atoms with Crippen LogP contribution in [0.5, 0.6) is 0 Å². The number of halogens is 1. The Labute approximate surface area is 108 Å². The predicted octanol–water partition coefficient (Wildman–Crippen LogP) is 1.88. The summed E-state index contributed by atoms with van der Waals surface area (Å²) in [5, 5.41) is 22.2. The molecule has 1 aromatic rings. The highest BCUT2D eigenvalue weighted by Gasteiger charge is 2.21. The monoisotopic (exact) mass is 272 g/mol. The van der Waals surface area contributed by atoms with Gasteiger partial charge in [0.15, 0.2) is 0 Å². The summed E-state index contributed by atoms with van der Waals surface area (Å²) in [7, 11) is 0. The molecule has 0 unspecified atom stereocenters. The zero-order valence-electron chi connectivity index (χ0n) is 10.2. The number of hydrogen-bond donors (Lipinski definition) is 2. The minimum atomic E-state index is -1.55. The van der Waals surface area contributed by atoms with Crippen LogP contribution in [0.2, 0.25) is 0 Å². The second-order valence-corrected chi connectivity index (χ2v) is 3.54. The molecule has 0 heterocycles. The molecule has 7 nitrogen and oxygen atoms in total. The number of ether oxygens (including phenoxy) is 1. The predicted molar refractivity (Wildman–Crippen MR) is 65.0 cm³/mol. The molecule has 0 saturated carbocycles. The lowest BCUT2D eigenvalue weighted by Crippen LogP contribution is -2.12. The molecule has 1 rings (SSSR count). The summed E-state index contributed by atoms with van der Waals surface area (Å²) in [6, 6.07) is 1.49. The molecule has 0 fully saturated rings. The van der Waals surface area contributed by atoms with Gasteiger partial charge in [0.1, 0.15) is 17.1 Å². The van der Waals surface area contributed by atoms with Crippen LogP contribution in [-0.2, 0) is 4.74 Å². The van der Waals surface area contributed by atoms with E-state index in [9.17, 15) is 19.3 Å². The van der Waals surface area contributed by atoms with Crippen molar-refractivity contribution in [3.63, 3.8) is 0 Å². The number of nitrogens with zero attached hydrogens (tertiary/aromatic N) is 1. The van der Waals surface area contributed by atoms with Crippen molar-refractivity contribution in [2.75, 3.05) is 25.1 Å². The van der Waals surface area contributed by atoms with Gasteiger partial charge in [0.25, 0.3) is 5.69 Å². The van der Waals surface area contributed by atoms with Gasteiger partial charge in [0.05, 0.1) is 11.5 Å². The van der Waals surface area contributed by atoms with E-state index in [2.05, 4.69) is 5.32 Å². The molecule has 0 spiro atoms. The number of rotatable bonds is 7. The number of nitro groups is 1. The van der Waals surface area contributed by atoms with Crippen LogP contribution in [0.4, 0.5) is 15.8 Å². The van der Waals surface area contributed by atoms with Gasteiger partial charge in [0.2, 0.25) is 0 Å². The molecular weight excluding hydrogens is 259 g/mol. The van der Waals surface area contributed by atoms with Gasteiger partial charge in [-0.3, -0.25) is 10.1 Å². The first-order valence-corrected chi connectivity index (χ1v) is 5.50. The zero-order chi connectivity index (χ0) is 14.4. The number of hydrogen-bond acceptors (Lipinski definition) is 5. The van der Waals surface area contributed by atoms with Crippen LogP contribution in [0, 0.1) is 15.9 Å². The lowest BCUT2D eigenvalue weighted by Gasteiger charge is -2.08. The Morgan fingerprint density at radius 3 is 2.79 bits per heavy atom. The zero-order valence-corrected chi connectivity index (χ0v) is 10.2. The number of carboxylic acids is 1. The summed E-state index contributed by atoms with van der Waals surface area (Å²) in [5.74, 6) is -2.58. The number of aromatic carboxylic acids is 1. The average Bonchev–Trinajstić information content (AvgIpc) is 2.33. The third kappa shape index (κ3) is 3.88. The van der Waals surface area contributed by atoms with E-state index >= 15 is 0 Å². The van der Waals surface area contributed by atoms with Crippen molar-refractivity contribution in [1.29, 1.82) is 0 Å². The fourth-order valence-electron chi connectivity index (χ4n) is 1.42. The molecule has 0 aromatic heterocycles. The first-order valence-electron chi connectivity index (χ1n) is 5.50. The van der Waals surface area contributed by atoms with E-state index < -0.39 is 28.0 Å². The maximum absolute atomic E-state index is 13.4. The van der Waals surface area contributed by atoms with Crippen molar-refractivity contribution in [3.05, 3.63) is 33.6 Å². The molecule has 0 aliphatic carbocycles. The first-order chi connectivity index (χ1) is 8.97. The molecule has 2 N–H and O–H groups in total. The van der Waals surface area contributed by atoms with Gasteiger partial charge in [-0.15, -0.1) is 0 Å². The van der Waals surface area contributed by atoms with Crippen LogP contribution in [0.1, 0.15) is 17.3 Å². The molecule has 104 valence electrons. The number of carboxylic acid groups (broad SMARTS) is 1. The second-order valence-electron chi connectivity index (χ2n) is 3.54. The number of benzene rings is 1. The van der Waals surface area contributed by atoms with Crippen molar-refractivity contribution >= 4 is 17.3 Å². The summed E-state index contributed by atoms with van der Waals surface area (Å²) < 4.78 is 18.5. The van der Waals surface area contributed by atoms with Gasteiger partial charge >= 0.3 is 5.97 Å². The van der Waals surface area contributed by atoms with E-state index in [4.69, 9.17) is 9.84 Å². The quantitative estimate of drug-likeness (QED) is 0.446. The van der Waals surface area contributed by atoms with Crippen LogP contribution in [-0.4, -0.2) is 35.8 Å². The fourth-order valence-corrected chi connectivity index (χ4v) is 1.42. The largest absolute Gasteiger partial charge is 0.478 e. The van der Waals surface area contributed by atoms with E-state index in [1.807, 2.05) is 0 Å². The molecule has 19 heavy (non-hydrogen) atoms. The third-order valence-electron chi connectivity index (χ3n) is 2.28. The van der Waals surface area contributed by atoms with Gasteiger partial charge < -0.3 is 15.2 Å². The molecule has 8 heteroatoms. The maximum Gasteiger partial charge on any atom is 0.338 e. The molecule has 0 aliphatic heterocycles. The van der Waals surface area contributed by atoms with Crippen LogP contribution in [0.3, 0.4) is 0 Å². The van der Waals surface area contributed by atoms with Gasteiger partial charge in [-0.05, 0) is 6.92 Å². The Kier molecular flexibility index (Phi) is 5.19. The molecule has 0 saturated heterocycles. The third-order valence-corrected chi connectivity index (χ3v) is 2.28. The van der Waals surface area contributed by atoms with Gasteiger partial charge in [0, 0.05) is 25.3 Å². The molecular formula is C11H13FN2O5. The molecule has 0 bridgehead atoms.